The lowest BCUT2D eigenvalue weighted by Gasteiger charge is -2.04. The van der Waals surface area contributed by atoms with E-state index in [1.807, 2.05) is 0 Å². The molecule has 1 amide bonds. The Morgan fingerprint density at radius 1 is 1.67 bits per heavy atom. The van der Waals surface area contributed by atoms with Gasteiger partial charge >= 0.3 is 0 Å². The monoisotopic (exact) mass is 209 g/mol. The summed E-state index contributed by atoms with van der Waals surface area (Å²) in [5.74, 6) is 4.13. The van der Waals surface area contributed by atoms with Gasteiger partial charge < -0.3 is 20.9 Å². The molecule has 2 unspecified atom stereocenters. The standard InChI is InChI=1S/C9H11N3O3/c1-5(13)7(14)3-2-6-8(9(10)15)12-4-11-6/h4-5,7,13-14H,1H3,(H2,10,15)(H,11,12). The van der Waals surface area contributed by atoms with Crippen molar-refractivity contribution in [3.05, 3.63) is 17.7 Å². The van der Waals surface area contributed by atoms with Gasteiger partial charge in [-0.15, -0.1) is 0 Å². The number of aromatic amines is 1. The summed E-state index contributed by atoms with van der Waals surface area (Å²) in [5, 5.41) is 18.1. The van der Waals surface area contributed by atoms with Crippen molar-refractivity contribution in [1.29, 1.82) is 0 Å². The van der Waals surface area contributed by atoms with Crippen LogP contribution in [0.25, 0.3) is 0 Å². The highest BCUT2D eigenvalue weighted by molar-refractivity contribution is 5.92. The second-order valence-electron chi connectivity index (χ2n) is 2.95. The SMILES string of the molecule is CC(O)C(O)C#Cc1[nH]cnc1C(N)=O. The zero-order valence-electron chi connectivity index (χ0n) is 8.06. The number of nitrogens with one attached hydrogen (secondary N) is 1. The summed E-state index contributed by atoms with van der Waals surface area (Å²) < 4.78 is 0. The number of aliphatic hydroxyl groups is 2. The average molecular weight is 209 g/mol. The Morgan fingerprint density at radius 2 is 2.33 bits per heavy atom. The van der Waals surface area contributed by atoms with Crippen LogP contribution >= 0.6 is 0 Å². The van der Waals surface area contributed by atoms with Gasteiger partial charge in [0.2, 0.25) is 0 Å². The molecule has 5 N–H and O–H groups in total. The summed E-state index contributed by atoms with van der Waals surface area (Å²) in [6.45, 7) is 1.40. The summed E-state index contributed by atoms with van der Waals surface area (Å²) in [6, 6.07) is 0. The Morgan fingerprint density at radius 3 is 2.87 bits per heavy atom. The highest BCUT2D eigenvalue weighted by Crippen LogP contribution is 1.99. The molecule has 1 rings (SSSR count). The van der Waals surface area contributed by atoms with E-state index >= 15 is 0 Å². The first-order valence-electron chi connectivity index (χ1n) is 4.23. The van der Waals surface area contributed by atoms with Crippen molar-refractivity contribution in [2.45, 2.75) is 19.1 Å². The van der Waals surface area contributed by atoms with Crippen LogP contribution in [0.5, 0.6) is 0 Å². The predicted molar refractivity (Wildman–Crippen MR) is 51.7 cm³/mol. The van der Waals surface area contributed by atoms with Gasteiger partial charge in [-0.25, -0.2) is 4.98 Å². The van der Waals surface area contributed by atoms with E-state index in [0.29, 0.717) is 0 Å². The van der Waals surface area contributed by atoms with Crippen molar-refractivity contribution in [2.75, 3.05) is 0 Å². The molecular weight excluding hydrogens is 198 g/mol. The molecule has 0 aliphatic rings. The van der Waals surface area contributed by atoms with Crippen LogP contribution in [-0.2, 0) is 0 Å². The van der Waals surface area contributed by atoms with Crippen LogP contribution in [0.3, 0.4) is 0 Å². The number of aliphatic hydroxyl groups excluding tert-OH is 2. The Kier molecular flexibility index (Phi) is 3.44. The van der Waals surface area contributed by atoms with E-state index in [-0.39, 0.29) is 11.4 Å². The number of rotatable bonds is 2. The summed E-state index contributed by atoms with van der Waals surface area (Å²) >= 11 is 0. The number of amides is 1. The molecule has 0 fully saturated rings. The van der Waals surface area contributed by atoms with Gasteiger partial charge in [0.1, 0.15) is 11.8 Å². The molecule has 0 bridgehead atoms. The maximum absolute atomic E-state index is 10.8. The van der Waals surface area contributed by atoms with Crippen molar-refractivity contribution >= 4 is 5.91 Å². The van der Waals surface area contributed by atoms with Crippen molar-refractivity contribution < 1.29 is 15.0 Å². The third-order valence-electron chi connectivity index (χ3n) is 1.67. The van der Waals surface area contributed by atoms with E-state index in [9.17, 15) is 9.90 Å². The van der Waals surface area contributed by atoms with Gasteiger partial charge in [0.05, 0.1) is 12.4 Å². The fraction of sp³-hybridized carbons (Fsp3) is 0.333. The van der Waals surface area contributed by atoms with Crippen LogP contribution < -0.4 is 5.73 Å². The first-order chi connectivity index (χ1) is 7.02. The molecule has 6 heteroatoms. The number of hydrogen-bond acceptors (Lipinski definition) is 4. The van der Waals surface area contributed by atoms with E-state index in [4.69, 9.17) is 10.8 Å². The minimum absolute atomic E-state index is 0.0142. The van der Waals surface area contributed by atoms with Gasteiger partial charge in [-0.2, -0.15) is 0 Å². The number of nitrogens with zero attached hydrogens (tertiary/aromatic N) is 1. The molecule has 0 aliphatic heterocycles. The first kappa shape index (κ1) is 11.2. The molecule has 0 saturated carbocycles. The molecule has 1 aromatic heterocycles. The van der Waals surface area contributed by atoms with Gasteiger partial charge in [0.25, 0.3) is 5.91 Å². The molecule has 1 heterocycles. The normalized spacial score (nSPS) is 13.8. The molecule has 2 atom stereocenters. The fourth-order valence-electron chi connectivity index (χ4n) is 0.843. The van der Waals surface area contributed by atoms with Gasteiger partial charge in [0.15, 0.2) is 5.69 Å². The summed E-state index contributed by atoms with van der Waals surface area (Å²) in [5.41, 5.74) is 5.26. The number of H-pyrrole nitrogens is 1. The predicted octanol–water partition coefficient (Wildman–Crippen LogP) is -1.40. The van der Waals surface area contributed by atoms with Crippen molar-refractivity contribution in [2.24, 2.45) is 5.73 Å². The molecule has 0 aromatic carbocycles. The number of aromatic nitrogens is 2. The lowest BCUT2D eigenvalue weighted by molar-refractivity contribution is 0.0677. The fourth-order valence-corrected chi connectivity index (χ4v) is 0.843. The maximum Gasteiger partial charge on any atom is 0.270 e. The van der Waals surface area contributed by atoms with Crippen molar-refractivity contribution in [3.8, 4) is 11.8 Å². The molecule has 0 spiro atoms. The highest BCUT2D eigenvalue weighted by Gasteiger charge is 2.10. The van der Waals surface area contributed by atoms with Crippen LogP contribution in [-0.4, -0.2) is 38.3 Å². The lowest BCUT2D eigenvalue weighted by Crippen LogP contribution is -2.20. The number of carbonyl (C=O) groups excluding carboxylic acids is 1. The van der Waals surface area contributed by atoms with Crippen LogP contribution in [0, 0.1) is 11.8 Å². The van der Waals surface area contributed by atoms with E-state index in [1.165, 1.54) is 13.3 Å². The quantitative estimate of drug-likeness (QED) is 0.449. The molecule has 80 valence electrons. The van der Waals surface area contributed by atoms with E-state index in [1.54, 1.807) is 0 Å². The lowest BCUT2D eigenvalue weighted by atomic mass is 10.2. The molecule has 0 aliphatic carbocycles. The van der Waals surface area contributed by atoms with Crippen LogP contribution in [0.4, 0.5) is 0 Å². The van der Waals surface area contributed by atoms with Crippen molar-refractivity contribution in [3.63, 3.8) is 0 Å². The second-order valence-corrected chi connectivity index (χ2v) is 2.95. The second kappa shape index (κ2) is 4.59. The van der Waals surface area contributed by atoms with E-state index in [0.717, 1.165) is 0 Å². The van der Waals surface area contributed by atoms with E-state index in [2.05, 4.69) is 21.8 Å². The number of hydrogen-bond donors (Lipinski definition) is 4. The number of imidazole rings is 1. The minimum atomic E-state index is -1.17. The minimum Gasteiger partial charge on any atom is -0.390 e. The zero-order chi connectivity index (χ0) is 11.4. The van der Waals surface area contributed by atoms with E-state index < -0.39 is 18.1 Å². The molecule has 6 nitrogen and oxygen atoms in total. The van der Waals surface area contributed by atoms with Crippen molar-refractivity contribution in [1.82, 2.24) is 9.97 Å². The number of carbonyl (C=O) groups is 1. The summed E-state index contributed by atoms with van der Waals surface area (Å²) in [4.78, 5) is 17.1. The zero-order valence-corrected chi connectivity index (χ0v) is 8.06. The topological polar surface area (TPSA) is 112 Å². The molecule has 0 radical (unpaired) electrons. The molecular formula is C9H11N3O3. The molecule has 15 heavy (non-hydrogen) atoms. The van der Waals surface area contributed by atoms with Gasteiger partial charge in [-0.05, 0) is 12.8 Å². The van der Waals surface area contributed by atoms with Crippen LogP contribution in [0.15, 0.2) is 6.33 Å². The Labute approximate surface area is 86.1 Å². The number of primary amides is 1. The summed E-state index contributed by atoms with van der Waals surface area (Å²) in [6.07, 6.45) is -0.856. The smallest absolute Gasteiger partial charge is 0.270 e. The first-order valence-corrected chi connectivity index (χ1v) is 4.23. The largest absolute Gasteiger partial charge is 0.390 e. The van der Waals surface area contributed by atoms with Crippen LogP contribution in [0.1, 0.15) is 23.1 Å². The third-order valence-corrected chi connectivity index (χ3v) is 1.67. The Balaban J connectivity index is 2.89. The summed E-state index contributed by atoms with van der Waals surface area (Å²) in [7, 11) is 0. The third kappa shape index (κ3) is 2.80. The number of nitrogens with two attached hydrogens (primary N) is 1. The average Bonchev–Trinajstić information content (AvgIpc) is 2.61. The highest BCUT2D eigenvalue weighted by atomic mass is 16.3. The maximum atomic E-state index is 10.8. The Hall–Kier alpha value is -1.84. The van der Waals surface area contributed by atoms with Gasteiger partial charge in [0, 0.05) is 0 Å². The van der Waals surface area contributed by atoms with Gasteiger partial charge in [-0.3, -0.25) is 4.79 Å². The molecule has 1 aromatic rings. The van der Waals surface area contributed by atoms with Crippen LogP contribution in [0.2, 0.25) is 0 Å². The Bertz CT molecular complexity index is 414. The van der Waals surface area contributed by atoms with Gasteiger partial charge in [-0.1, -0.05) is 5.92 Å². The molecule has 0 saturated heterocycles.